The van der Waals surface area contributed by atoms with Crippen LogP contribution in [0.25, 0.3) is 0 Å². The fourth-order valence-corrected chi connectivity index (χ4v) is 2.52. The van der Waals surface area contributed by atoms with Gasteiger partial charge in [0.2, 0.25) is 0 Å². The highest BCUT2D eigenvalue weighted by Crippen LogP contribution is 2.34. The predicted molar refractivity (Wildman–Crippen MR) is 73.4 cm³/mol. The van der Waals surface area contributed by atoms with Crippen molar-refractivity contribution in [1.82, 2.24) is 9.47 Å². The first-order chi connectivity index (χ1) is 9.63. The Labute approximate surface area is 118 Å². The Morgan fingerprint density at radius 1 is 1.20 bits per heavy atom. The third-order valence-electron chi connectivity index (χ3n) is 3.99. The SMILES string of the molecule is O=C(O)Cn1cccc1C(=O)N(CC1CC1)CC1CC1. The van der Waals surface area contributed by atoms with Gasteiger partial charge in [-0.3, -0.25) is 9.59 Å². The van der Waals surface area contributed by atoms with Gasteiger partial charge in [0, 0.05) is 19.3 Å². The summed E-state index contributed by atoms with van der Waals surface area (Å²) < 4.78 is 1.53. The Kier molecular flexibility index (Phi) is 3.51. The van der Waals surface area contributed by atoms with Gasteiger partial charge in [0.15, 0.2) is 0 Å². The highest BCUT2D eigenvalue weighted by atomic mass is 16.4. The van der Waals surface area contributed by atoms with Crippen molar-refractivity contribution < 1.29 is 14.7 Å². The Balaban J connectivity index is 1.73. The standard InChI is InChI=1S/C15H20N2O3/c18-14(19)10-16-7-1-2-13(16)15(20)17(8-11-3-4-11)9-12-5-6-12/h1-2,7,11-12H,3-6,8-10H2,(H,18,19). The van der Waals surface area contributed by atoms with E-state index < -0.39 is 5.97 Å². The van der Waals surface area contributed by atoms with E-state index in [2.05, 4.69) is 0 Å². The molecule has 20 heavy (non-hydrogen) atoms. The van der Waals surface area contributed by atoms with Crippen molar-refractivity contribution in [3.05, 3.63) is 24.0 Å². The topological polar surface area (TPSA) is 62.5 Å². The third-order valence-corrected chi connectivity index (χ3v) is 3.99. The molecule has 3 rings (SSSR count). The molecule has 1 amide bonds. The molecule has 0 bridgehead atoms. The van der Waals surface area contributed by atoms with E-state index in [4.69, 9.17) is 5.11 Å². The van der Waals surface area contributed by atoms with Crippen molar-refractivity contribution in [2.45, 2.75) is 32.2 Å². The average molecular weight is 276 g/mol. The summed E-state index contributed by atoms with van der Waals surface area (Å²) in [5.41, 5.74) is 0.494. The van der Waals surface area contributed by atoms with Gasteiger partial charge < -0.3 is 14.6 Å². The van der Waals surface area contributed by atoms with Gasteiger partial charge in [0.25, 0.3) is 5.91 Å². The molecule has 2 aliphatic carbocycles. The van der Waals surface area contributed by atoms with Gasteiger partial charge in [0.1, 0.15) is 12.2 Å². The Hall–Kier alpha value is -1.78. The van der Waals surface area contributed by atoms with Crippen LogP contribution in [-0.4, -0.2) is 39.5 Å². The lowest BCUT2D eigenvalue weighted by molar-refractivity contribution is -0.137. The molecule has 108 valence electrons. The Morgan fingerprint density at radius 3 is 2.30 bits per heavy atom. The van der Waals surface area contributed by atoms with E-state index in [1.165, 1.54) is 30.3 Å². The third kappa shape index (κ3) is 3.21. The van der Waals surface area contributed by atoms with Gasteiger partial charge in [-0.2, -0.15) is 0 Å². The zero-order valence-corrected chi connectivity index (χ0v) is 11.5. The molecule has 1 N–H and O–H groups in total. The number of hydrogen-bond acceptors (Lipinski definition) is 2. The second-order valence-corrected chi connectivity index (χ2v) is 6.01. The largest absolute Gasteiger partial charge is 0.480 e. The maximum atomic E-state index is 12.6. The van der Waals surface area contributed by atoms with Crippen molar-refractivity contribution in [3.8, 4) is 0 Å². The van der Waals surface area contributed by atoms with Crippen LogP contribution in [0.15, 0.2) is 18.3 Å². The first-order valence-corrected chi connectivity index (χ1v) is 7.29. The van der Waals surface area contributed by atoms with Crippen LogP contribution >= 0.6 is 0 Å². The highest BCUT2D eigenvalue weighted by molar-refractivity contribution is 5.93. The lowest BCUT2D eigenvalue weighted by Crippen LogP contribution is -2.36. The van der Waals surface area contributed by atoms with E-state index in [-0.39, 0.29) is 12.5 Å². The minimum absolute atomic E-state index is 0.0185. The minimum Gasteiger partial charge on any atom is -0.480 e. The number of aliphatic carboxylic acids is 1. The molecule has 0 atom stereocenters. The first kappa shape index (κ1) is 13.2. The van der Waals surface area contributed by atoms with Gasteiger partial charge in [-0.1, -0.05) is 0 Å². The Morgan fingerprint density at radius 2 is 1.80 bits per heavy atom. The molecule has 0 unspecified atom stereocenters. The monoisotopic (exact) mass is 276 g/mol. The molecular formula is C15H20N2O3. The molecule has 0 radical (unpaired) electrons. The molecular weight excluding hydrogens is 256 g/mol. The lowest BCUT2D eigenvalue weighted by atomic mass is 10.2. The molecule has 0 aromatic carbocycles. The number of carbonyl (C=O) groups is 2. The summed E-state index contributed by atoms with van der Waals surface area (Å²) in [6, 6.07) is 3.46. The molecule has 5 heteroatoms. The van der Waals surface area contributed by atoms with Crippen LogP contribution < -0.4 is 0 Å². The van der Waals surface area contributed by atoms with Gasteiger partial charge in [-0.25, -0.2) is 0 Å². The molecule has 0 spiro atoms. The lowest BCUT2D eigenvalue weighted by Gasteiger charge is -2.23. The molecule has 2 saturated carbocycles. The normalized spacial score (nSPS) is 18.0. The summed E-state index contributed by atoms with van der Waals surface area (Å²) in [5, 5.41) is 8.90. The molecule has 0 saturated heterocycles. The van der Waals surface area contributed by atoms with Crippen molar-refractivity contribution in [3.63, 3.8) is 0 Å². The maximum absolute atomic E-state index is 12.6. The average Bonchev–Trinajstić information content (AvgIpc) is 3.30. The Bertz CT molecular complexity index is 501. The summed E-state index contributed by atoms with van der Waals surface area (Å²) in [4.78, 5) is 25.4. The summed E-state index contributed by atoms with van der Waals surface area (Å²) in [5.74, 6) is 0.363. The number of carboxylic acid groups (broad SMARTS) is 1. The smallest absolute Gasteiger partial charge is 0.323 e. The molecule has 0 aliphatic heterocycles. The number of rotatable bonds is 7. The number of carbonyl (C=O) groups excluding carboxylic acids is 1. The number of hydrogen-bond donors (Lipinski definition) is 1. The summed E-state index contributed by atoms with van der Waals surface area (Å²) in [6.07, 6.45) is 6.51. The molecule has 1 aromatic rings. The fraction of sp³-hybridized carbons (Fsp3) is 0.600. The number of nitrogens with zero attached hydrogens (tertiary/aromatic N) is 2. The molecule has 1 heterocycles. The second-order valence-electron chi connectivity index (χ2n) is 6.01. The van der Waals surface area contributed by atoms with E-state index >= 15 is 0 Å². The van der Waals surface area contributed by atoms with Crippen LogP contribution in [0.1, 0.15) is 36.2 Å². The van der Waals surface area contributed by atoms with Gasteiger partial charge >= 0.3 is 5.97 Å². The second kappa shape index (κ2) is 5.31. The highest BCUT2D eigenvalue weighted by Gasteiger charge is 2.32. The molecule has 5 nitrogen and oxygen atoms in total. The van der Waals surface area contributed by atoms with Gasteiger partial charge in [-0.05, 0) is 49.7 Å². The van der Waals surface area contributed by atoms with Gasteiger partial charge in [-0.15, -0.1) is 0 Å². The summed E-state index contributed by atoms with van der Waals surface area (Å²) in [7, 11) is 0. The quantitative estimate of drug-likeness (QED) is 0.826. The van der Waals surface area contributed by atoms with Crippen LogP contribution in [0.2, 0.25) is 0 Å². The predicted octanol–water partition coefficient (Wildman–Crippen LogP) is 1.83. The van der Waals surface area contributed by atoms with Crippen molar-refractivity contribution in [2.75, 3.05) is 13.1 Å². The van der Waals surface area contributed by atoms with E-state index in [0.717, 1.165) is 13.1 Å². The summed E-state index contributed by atoms with van der Waals surface area (Å²) >= 11 is 0. The van der Waals surface area contributed by atoms with Crippen LogP contribution in [0.5, 0.6) is 0 Å². The van der Waals surface area contributed by atoms with Gasteiger partial charge in [0.05, 0.1) is 0 Å². The zero-order chi connectivity index (χ0) is 14.1. The molecule has 2 fully saturated rings. The van der Waals surface area contributed by atoms with E-state index in [0.29, 0.717) is 17.5 Å². The van der Waals surface area contributed by atoms with Crippen LogP contribution in [0, 0.1) is 11.8 Å². The van der Waals surface area contributed by atoms with Crippen molar-refractivity contribution >= 4 is 11.9 Å². The number of carboxylic acids is 1. The maximum Gasteiger partial charge on any atom is 0.323 e. The summed E-state index contributed by atoms with van der Waals surface area (Å²) in [6.45, 7) is 1.50. The first-order valence-electron chi connectivity index (χ1n) is 7.29. The molecule has 2 aliphatic rings. The van der Waals surface area contributed by atoms with Crippen LogP contribution in [0.4, 0.5) is 0 Å². The number of amides is 1. The zero-order valence-electron chi connectivity index (χ0n) is 11.5. The van der Waals surface area contributed by atoms with Crippen LogP contribution in [0.3, 0.4) is 0 Å². The van der Waals surface area contributed by atoms with E-state index in [1.807, 2.05) is 4.90 Å². The van der Waals surface area contributed by atoms with Crippen molar-refractivity contribution in [1.29, 1.82) is 0 Å². The fourth-order valence-electron chi connectivity index (χ4n) is 2.52. The van der Waals surface area contributed by atoms with E-state index in [9.17, 15) is 9.59 Å². The molecule has 1 aromatic heterocycles. The minimum atomic E-state index is -0.925. The van der Waals surface area contributed by atoms with E-state index in [1.54, 1.807) is 18.3 Å². The van der Waals surface area contributed by atoms with Crippen molar-refractivity contribution in [2.24, 2.45) is 11.8 Å². The number of aromatic nitrogens is 1. The van der Waals surface area contributed by atoms with Crippen LogP contribution in [-0.2, 0) is 11.3 Å².